The zero-order valence-electron chi connectivity index (χ0n) is 7.65. The van der Waals surface area contributed by atoms with Gasteiger partial charge in [-0.15, -0.1) is 6.42 Å². The summed E-state index contributed by atoms with van der Waals surface area (Å²) in [7, 11) is 0. The highest BCUT2D eigenvalue weighted by Gasteiger charge is 2.11. The third-order valence-corrected chi connectivity index (χ3v) is 1.85. The number of nitrogens with zero attached hydrogens (tertiary/aromatic N) is 1. The molecule has 1 aromatic rings. The van der Waals surface area contributed by atoms with E-state index in [1.807, 2.05) is 4.98 Å². The molecule has 74 valence electrons. The van der Waals surface area contributed by atoms with E-state index < -0.39 is 23.2 Å². The first-order chi connectivity index (χ1) is 6.60. The molecule has 0 saturated carbocycles. The van der Waals surface area contributed by atoms with Crippen LogP contribution in [-0.4, -0.2) is 14.7 Å². The summed E-state index contributed by atoms with van der Waals surface area (Å²) in [6.07, 6.45) is 5.67. The number of rotatable bonds is 2. The number of nitrogens with one attached hydrogen (secondary N) is 1. The lowest BCUT2D eigenvalue weighted by atomic mass is 10.2. The highest BCUT2D eigenvalue weighted by Crippen LogP contribution is 2.12. The second kappa shape index (κ2) is 3.83. The molecular weight excluding hydrogens is 184 g/mol. The van der Waals surface area contributed by atoms with Gasteiger partial charge in [-0.2, -0.15) is 0 Å². The highest BCUT2D eigenvalue weighted by molar-refractivity contribution is 5.11. The first-order valence-electron chi connectivity index (χ1n) is 4.11. The number of H-pyrrole nitrogens is 1. The Balaban J connectivity index is 3.43. The molecule has 2 N–H and O–H groups in total. The monoisotopic (exact) mass is 194 g/mol. The van der Waals surface area contributed by atoms with Crippen molar-refractivity contribution in [1.82, 2.24) is 9.55 Å². The van der Waals surface area contributed by atoms with Crippen LogP contribution in [0.4, 0.5) is 0 Å². The number of aromatic nitrogens is 2. The molecule has 0 amide bonds. The molecule has 0 saturated heterocycles. The Hall–Kier alpha value is -1.96. The molecular formula is C9H10N2O3. The topological polar surface area (TPSA) is 75.1 Å². The van der Waals surface area contributed by atoms with Crippen LogP contribution in [0.5, 0.6) is 5.88 Å². The van der Waals surface area contributed by atoms with Crippen LogP contribution in [0.25, 0.3) is 0 Å². The van der Waals surface area contributed by atoms with Gasteiger partial charge in [0.15, 0.2) is 0 Å². The molecule has 0 aromatic carbocycles. The number of aromatic amines is 1. The fourth-order valence-corrected chi connectivity index (χ4v) is 1.17. The van der Waals surface area contributed by atoms with E-state index in [-0.39, 0.29) is 0 Å². The van der Waals surface area contributed by atoms with Gasteiger partial charge in [-0.3, -0.25) is 9.78 Å². The molecule has 0 aliphatic rings. The Morgan fingerprint density at radius 2 is 2.36 bits per heavy atom. The summed E-state index contributed by atoms with van der Waals surface area (Å²) in [4.78, 5) is 24.1. The number of hydrogen-bond acceptors (Lipinski definition) is 3. The van der Waals surface area contributed by atoms with Gasteiger partial charge in [0.05, 0.1) is 6.07 Å². The minimum Gasteiger partial charge on any atom is -0.494 e. The van der Waals surface area contributed by atoms with Gasteiger partial charge >= 0.3 is 5.69 Å². The van der Waals surface area contributed by atoms with E-state index in [2.05, 4.69) is 5.92 Å². The Bertz CT molecular complexity index is 478. The lowest BCUT2D eigenvalue weighted by Crippen LogP contribution is -2.31. The molecule has 14 heavy (non-hydrogen) atoms. The average molecular weight is 194 g/mol. The standard InChI is InChI=1S/C9H10N2O3/c1-3-6(4-2)11-8(13)5-7(12)10-9(11)14/h1,5-6,13H,4H2,2H3,(H,10,12,14). The van der Waals surface area contributed by atoms with Crippen LogP contribution in [0.2, 0.25) is 0 Å². The van der Waals surface area contributed by atoms with E-state index in [0.717, 1.165) is 10.6 Å². The van der Waals surface area contributed by atoms with Gasteiger partial charge in [0.25, 0.3) is 5.56 Å². The Labute approximate surface area is 80.0 Å². The van der Waals surface area contributed by atoms with Crippen molar-refractivity contribution < 1.29 is 5.11 Å². The maximum absolute atomic E-state index is 11.3. The number of aromatic hydroxyl groups is 1. The third-order valence-electron chi connectivity index (χ3n) is 1.85. The molecule has 0 bridgehead atoms. The van der Waals surface area contributed by atoms with Gasteiger partial charge in [-0.05, 0) is 6.42 Å². The molecule has 5 nitrogen and oxygen atoms in total. The van der Waals surface area contributed by atoms with Crippen molar-refractivity contribution in [1.29, 1.82) is 0 Å². The first kappa shape index (κ1) is 10.1. The van der Waals surface area contributed by atoms with Crippen molar-refractivity contribution in [2.24, 2.45) is 0 Å². The first-order valence-corrected chi connectivity index (χ1v) is 4.11. The fraction of sp³-hybridized carbons (Fsp3) is 0.333. The summed E-state index contributed by atoms with van der Waals surface area (Å²) in [5, 5.41) is 9.35. The van der Waals surface area contributed by atoms with Gasteiger partial charge in [0.1, 0.15) is 6.04 Å². The highest BCUT2D eigenvalue weighted by atomic mass is 16.3. The molecule has 0 spiro atoms. The largest absolute Gasteiger partial charge is 0.494 e. The van der Waals surface area contributed by atoms with E-state index in [0.29, 0.717) is 6.42 Å². The normalized spacial score (nSPS) is 12.0. The Morgan fingerprint density at radius 1 is 1.71 bits per heavy atom. The zero-order valence-corrected chi connectivity index (χ0v) is 7.65. The maximum Gasteiger partial charge on any atom is 0.332 e. The minimum atomic E-state index is -0.695. The summed E-state index contributed by atoms with van der Waals surface area (Å²) >= 11 is 0. The predicted octanol–water partition coefficient (Wildman–Crippen LogP) is -0.173. The van der Waals surface area contributed by atoms with Gasteiger partial charge < -0.3 is 5.11 Å². The summed E-state index contributed by atoms with van der Waals surface area (Å²) in [6.45, 7) is 1.78. The minimum absolute atomic E-state index is 0.413. The van der Waals surface area contributed by atoms with Crippen LogP contribution in [0.15, 0.2) is 15.7 Å². The quantitative estimate of drug-likeness (QED) is 0.641. The second-order valence-electron chi connectivity index (χ2n) is 2.76. The van der Waals surface area contributed by atoms with E-state index >= 15 is 0 Å². The number of terminal acetylenes is 1. The van der Waals surface area contributed by atoms with Crippen molar-refractivity contribution in [3.8, 4) is 18.2 Å². The summed E-state index contributed by atoms with van der Waals surface area (Å²) < 4.78 is 0.974. The van der Waals surface area contributed by atoms with Crippen molar-refractivity contribution >= 4 is 0 Å². The summed E-state index contributed by atoms with van der Waals surface area (Å²) in [6, 6.07) is 0.376. The van der Waals surface area contributed by atoms with Crippen LogP contribution >= 0.6 is 0 Å². The second-order valence-corrected chi connectivity index (χ2v) is 2.76. The third kappa shape index (κ3) is 1.69. The van der Waals surface area contributed by atoms with E-state index in [1.54, 1.807) is 6.92 Å². The lowest BCUT2D eigenvalue weighted by Gasteiger charge is -2.12. The zero-order chi connectivity index (χ0) is 10.7. The molecule has 0 fully saturated rings. The SMILES string of the molecule is C#CC(CC)n1c(O)cc(=O)[nH]c1=O. The van der Waals surface area contributed by atoms with Crippen molar-refractivity contribution in [3.05, 3.63) is 26.9 Å². The van der Waals surface area contributed by atoms with Crippen LogP contribution in [0, 0.1) is 12.3 Å². The molecule has 1 rings (SSSR count). The molecule has 0 aliphatic heterocycles. The number of hydrogen-bond donors (Lipinski definition) is 2. The lowest BCUT2D eigenvalue weighted by molar-refractivity contribution is 0.385. The summed E-state index contributed by atoms with van der Waals surface area (Å²) in [5.41, 5.74) is -1.34. The molecule has 1 heterocycles. The van der Waals surface area contributed by atoms with E-state index in [4.69, 9.17) is 6.42 Å². The average Bonchev–Trinajstić information content (AvgIpc) is 2.10. The van der Waals surface area contributed by atoms with Crippen LogP contribution in [0.1, 0.15) is 19.4 Å². The van der Waals surface area contributed by atoms with Crippen LogP contribution in [0.3, 0.4) is 0 Å². The molecule has 1 aromatic heterocycles. The Kier molecular flexibility index (Phi) is 2.77. The van der Waals surface area contributed by atoms with E-state index in [1.165, 1.54) is 0 Å². The fourth-order valence-electron chi connectivity index (χ4n) is 1.17. The van der Waals surface area contributed by atoms with Crippen molar-refractivity contribution in [3.63, 3.8) is 0 Å². The smallest absolute Gasteiger partial charge is 0.332 e. The predicted molar refractivity (Wildman–Crippen MR) is 51.1 cm³/mol. The summed E-state index contributed by atoms with van der Waals surface area (Å²) in [5.74, 6) is 1.94. The van der Waals surface area contributed by atoms with Crippen LogP contribution in [-0.2, 0) is 0 Å². The molecule has 0 radical (unpaired) electrons. The van der Waals surface area contributed by atoms with E-state index in [9.17, 15) is 14.7 Å². The van der Waals surface area contributed by atoms with Gasteiger partial charge in [0.2, 0.25) is 5.88 Å². The van der Waals surface area contributed by atoms with Gasteiger partial charge in [-0.25, -0.2) is 9.36 Å². The van der Waals surface area contributed by atoms with Crippen molar-refractivity contribution in [2.45, 2.75) is 19.4 Å². The molecule has 0 aliphatic carbocycles. The van der Waals surface area contributed by atoms with Crippen LogP contribution < -0.4 is 11.2 Å². The van der Waals surface area contributed by atoms with Crippen molar-refractivity contribution in [2.75, 3.05) is 0 Å². The maximum atomic E-state index is 11.3. The van der Waals surface area contributed by atoms with Gasteiger partial charge in [-0.1, -0.05) is 12.8 Å². The molecule has 1 unspecified atom stereocenters. The van der Waals surface area contributed by atoms with Gasteiger partial charge in [0, 0.05) is 0 Å². The molecule has 5 heteroatoms. The Morgan fingerprint density at radius 3 is 2.79 bits per heavy atom. The molecule has 1 atom stereocenters.